The summed E-state index contributed by atoms with van der Waals surface area (Å²) in [5.74, 6) is -0.551. The van der Waals surface area contributed by atoms with Gasteiger partial charge in [-0.05, 0) is 52.8 Å². The summed E-state index contributed by atoms with van der Waals surface area (Å²) in [6.45, 7) is 8.84. The van der Waals surface area contributed by atoms with Gasteiger partial charge in [0.25, 0.3) is 0 Å². The molecule has 0 aliphatic heterocycles. The predicted octanol–water partition coefficient (Wildman–Crippen LogP) is 5.56. The number of hydrogen-bond acceptors (Lipinski definition) is 8. The van der Waals surface area contributed by atoms with Crippen LogP contribution in [-0.2, 0) is 9.53 Å². The fourth-order valence-corrected chi connectivity index (χ4v) is 4.61. The highest BCUT2D eigenvalue weighted by molar-refractivity contribution is 7.16. The van der Waals surface area contributed by atoms with E-state index in [1.165, 1.54) is 18.3 Å². The van der Waals surface area contributed by atoms with Gasteiger partial charge in [-0.2, -0.15) is 5.10 Å². The van der Waals surface area contributed by atoms with Crippen LogP contribution in [-0.4, -0.2) is 40.1 Å². The number of hydrogen-bond donors (Lipinski definition) is 2. The highest BCUT2D eigenvalue weighted by atomic mass is 32.1. The maximum Gasteiger partial charge on any atom is 0.428 e. The third-order valence-electron chi connectivity index (χ3n) is 4.21. The number of thiazole rings is 1. The van der Waals surface area contributed by atoms with E-state index < -0.39 is 23.8 Å². The summed E-state index contributed by atoms with van der Waals surface area (Å²) in [4.78, 5) is 29.4. The number of carbonyl (C=O) groups excluding carboxylic acids is 1. The molecule has 2 aromatic heterocycles. The highest BCUT2D eigenvalue weighted by Crippen LogP contribution is 2.35. The van der Waals surface area contributed by atoms with Crippen molar-refractivity contribution >= 4 is 41.0 Å². The molecule has 3 rings (SSSR count). The van der Waals surface area contributed by atoms with Gasteiger partial charge in [0.1, 0.15) is 16.4 Å². The van der Waals surface area contributed by atoms with Crippen LogP contribution in [0, 0.1) is 6.92 Å². The zero-order chi connectivity index (χ0) is 24.2. The molecular weight excluding hydrogens is 462 g/mol. The number of aromatic nitrogens is 1. The molecule has 0 saturated heterocycles. The molecule has 2 heterocycles. The molecule has 3 aromatic rings. The van der Waals surface area contributed by atoms with Gasteiger partial charge in [0.05, 0.1) is 11.9 Å². The van der Waals surface area contributed by atoms with Gasteiger partial charge in [0, 0.05) is 26.3 Å². The Kier molecular flexibility index (Phi) is 7.50. The molecule has 2 N–H and O–H groups in total. The highest BCUT2D eigenvalue weighted by Gasteiger charge is 2.16. The molecule has 0 radical (unpaired) electrons. The Morgan fingerprint density at radius 2 is 2.03 bits per heavy atom. The van der Waals surface area contributed by atoms with Gasteiger partial charge in [-0.1, -0.05) is 12.1 Å². The van der Waals surface area contributed by atoms with Crippen molar-refractivity contribution in [3.05, 3.63) is 45.5 Å². The minimum Gasteiger partial charge on any atom is -0.479 e. The minimum absolute atomic E-state index is 0.472. The SMILES string of the molecule is Cc1sc(C=NNC(=O)OC(C)(C)C)cc1-c1nc(-c2cccc(OC(C)C(=O)O)c2)cs1. The first kappa shape index (κ1) is 24.4. The van der Waals surface area contributed by atoms with Gasteiger partial charge in [0.2, 0.25) is 0 Å². The number of nitrogens with zero attached hydrogens (tertiary/aromatic N) is 2. The van der Waals surface area contributed by atoms with Gasteiger partial charge in [-0.25, -0.2) is 20.0 Å². The topological polar surface area (TPSA) is 110 Å². The molecule has 0 aliphatic rings. The van der Waals surface area contributed by atoms with Crippen LogP contribution >= 0.6 is 22.7 Å². The van der Waals surface area contributed by atoms with Crippen LogP contribution in [0.4, 0.5) is 4.79 Å². The third-order valence-corrected chi connectivity index (χ3v) is 6.07. The molecule has 10 heteroatoms. The Morgan fingerprint density at radius 1 is 1.27 bits per heavy atom. The summed E-state index contributed by atoms with van der Waals surface area (Å²) in [7, 11) is 0. The van der Waals surface area contributed by atoms with Crippen molar-refractivity contribution in [3.8, 4) is 27.6 Å². The van der Waals surface area contributed by atoms with E-state index in [9.17, 15) is 9.59 Å². The van der Waals surface area contributed by atoms with E-state index >= 15 is 0 Å². The first-order valence-corrected chi connectivity index (χ1v) is 11.8. The molecule has 8 nitrogen and oxygen atoms in total. The Balaban J connectivity index is 1.72. The number of carboxylic acid groups (broad SMARTS) is 1. The van der Waals surface area contributed by atoms with Crippen LogP contribution in [0.2, 0.25) is 0 Å². The van der Waals surface area contributed by atoms with E-state index in [4.69, 9.17) is 19.6 Å². The van der Waals surface area contributed by atoms with Crippen LogP contribution in [0.3, 0.4) is 0 Å². The van der Waals surface area contributed by atoms with Crippen molar-refractivity contribution in [1.29, 1.82) is 0 Å². The molecule has 174 valence electrons. The summed E-state index contributed by atoms with van der Waals surface area (Å²) in [6, 6.07) is 9.17. The average molecular weight is 488 g/mol. The normalized spacial score (nSPS) is 12.5. The van der Waals surface area contributed by atoms with E-state index in [-0.39, 0.29) is 0 Å². The van der Waals surface area contributed by atoms with Crippen LogP contribution in [0.1, 0.15) is 37.4 Å². The van der Waals surface area contributed by atoms with Gasteiger partial charge in [0.15, 0.2) is 6.10 Å². The van der Waals surface area contributed by atoms with Crippen LogP contribution < -0.4 is 10.2 Å². The number of aryl methyl sites for hydroxylation is 1. The molecule has 33 heavy (non-hydrogen) atoms. The fourth-order valence-electron chi connectivity index (χ4n) is 2.74. The Hall–Kier alpha value is -3.24. The van der Waals surface area contributed by atoms with Gasteiger partial charge >= 0.3 is 12.1 Å². The Bertz CT molecular complexity index is 1180. The molecule has 0 saturated carbocycles. The van der Waals surface area contributed by atoms with E-state index in [2.05, 4.69) is 10.5 Å². The lowest BCUT2D eigenvalue weighted by molar-refractivity contribution is -0.144. The van der Waals surface area contributed by atoms with Crippen molar-refractivity contribution in [1.82, 2.24) is 10.4 Å². The molecule has 1 amide bonds. The molecule has 0 aliphatic carbocycles. The minimum atomic E-state index is -1.02. The first-order valence-electron chi connectivity index (χ1n) is 10.1. The van der Waals surface area contributed by atoms with E-state index in [1.54, 1.807) is 56.5 Å². The maximum absolute atomic E-state index is 11.7. The second-order valence-corrected chi connectivity index (χ2v) is 10.3. The van der Waals surface area contributed by atoms with Crippen molar-refractivity contribution in [3.63, 3.8) is 0 Å². The number of hydrazone groups is 1. The van der Waals surface area contributed by atoms with Crippen molar-refractivity contribution < 1.29 is 24.2 Å². The summed E-state index contributed by atoms with van der Waals surface area (Å²) in [5.41, 5.74) is 4.37. The number of aliphatic carboxylic acids is 1. The fraction of sp³-hybridized carbons (Fsp3) is 0.304. The smallest absolute Gasteiger partial charge is 0.428 e. The number of nitrogens with one attached hydrogen (secondary N) is 1. The third kappa shape index (κ3) is 6.87. The number of carbonyl (C=O) groups is 2. The molecule has 1 aromatic carbocycles. The number of rotatable bonds is 7. The van der Waals surface area contributed by atoms with E-state index in [0.29, 0.717) is 5.75 Å². The summed E-state index contributed by atoms with van der Waals surface area (Å²) in [5, 5.41) is 15.8. The van der Waals surface area contributed by atoms with Gasteiger partial charge in [-0.3, -0.25) is 0 Å². The van der Waals surface area contributed by atoms with Crippen molar-refractivity contribution in [2.45, 2.75) is 46.3 Å². The summed E-state index contributed by atoms with van der Waals surface area (Å²) < 4.78 is 10.6. The zero-order valence-corrected chi connectivity index (χ0v) is 20.5. The number of thiophene rings is 1. The lowest BCUT2D eigenvalue weighted by Gasteiger charge is -2.18. The standard InChI is InChI=1S/C23H25N3O5S2/c1-13(21(27)28)30-16-8-6-7-15(9-16)19-12-32-20(25-19)18-10-17(33-14(18)2)11-24-26-22(29)31-23(3,4)5/h6-13H,1-5H3,(H,26,29)(H,27,28). The van der Waals surface area contributed by atoms with Crippen LogP contribution in [0.5, 0.6) is 5.75 Å². The second kappa shape index (κ2) is 10.1. The first-order chi connectivity index (χ1) is 15.5. The second-order valence-electron chi connectivity index (χ2n) is 8.15. The maximum atomic E-state index is 11.7. The molecule has 0 spiro atoms. The Morgan fingerprint density at radius 3 is 2.73 bits per heavy atom. The molecular formula is C23H25N3O5S2. The predicted molar refractivity (Wildman–Crippen MR) is 130 cm³/mol. The molecule has 0 bridgehead atoms. The Labute approximate surface area is 199 Å². The quantitative estimate of drug-likeness (QED) is 0.334. The van der Waals surface area contributed by atoms with Crippen LogP contribution in [0.25, 0.3) is 21.8 Å². The molecule has 1 unspecified atom stereocenters. The zero-order valence-electron chi connectivity index (χ0n) is 18.9. The lowest BCUT2D eigenvalue weighted by atomic mass is 10.1. The number of amides is 1. The lowest BCUT2D eigenvalue weighted by Crippen LogP contribution is -2.29. The monoisotopic (exact) mass is 487 g/mol. The van der Waals surface area contributed by atoms with E-state index in [1.807, 2.05) is 24.4 Å². The van der Waals surface area contributed by atoms with Gasteiger partial charge in [-0.15, -0.1) is 22.7 Å². The van der Waals surface area contributed by atoms with Gasteiger partial charge < -0.3 is 14.6 Å². The van der Waals surface area contributed by atoms with Crippen molar-refractivity contribution in [2.75, 3.05) is 0 Å². The number of ether oxygens (including phenoxy) is 2. The number of carboxylic acids is 1. The largest absolute Gasteiger partial charge is 0.479 e. The molecule has 0 fully saturated rings. The average Bonchev–Trinajstić information content (AvgIpc) is 3.33. The number of benzene rings is 1. The molecule has 1 atom stereocenters. The van der Waals surface area contributed by atoms with Crippen molar-refractivity contribution in [2.24, 2.45) is 5.10 Å². The van der Waals surface area contributed by atoms with Crippen LogP contribution in [0.15, 0.2) is 40.8 Å². The van der Waals surface area contributed by atoms with E-state index in [0.717, 1.165) is 31.6 Å². The summed E-state index contributed by atoms with van der Waals surface area (Å²) in [6.07, 6.45) is 0.0229. The summed E-state index contributed by atoms with van der Waals surface area (Å²) >= 11 is 3.05.